The maximum atomic E-state index is 10.9. The first kappa shape index (κ1) is 12.7. The average Bonchev–Trinajstić information content (AvgIpc) is 2.37. The Hall–Kier alpha value is -1.71. The second kappa shape index (κ2) is 5.76. The molecule has 0 fully saturated rings. The maximum Gasteiger partial charge on any atom is 0.224 e. The molecule has 0 atom stereocenters. The Morgan fingerprint density at radius 2 is 1.72 bits per heavy atom. The van der Waals surface area contributed by atoms with Crippen LogP contribution in [0.1, 0.15) is 21.6 Å². The third-order valence-electron chi connectivity index (χ3n) is 2.25. The second-order valence-corrected chi connectivity index (χ2v) is 4.14. The molecule has 90 valence electrons. The van der Waals surface area contributed by atoms with Crippen LogP contribution in [0.15, 0.2) is 30.3 Å². The molecule has 2 aromatic rings. The van der Waals surface area contributed by atoms with Gasteiger partial charge in [-0.1, -0.05) is 48.0 Å². The summed E-state index contributed by atoms with van der Waals surface area (Å²) in [6.45, 7) is 0. The van der Waals surface area contributed by atoms with Crippen LogP contribution in [0, 0.1) is 0 Å². The Morgan fingerprint density at radius 1 is 1.00 bits per heavy atom. The van der Waals surface area contributed by atoms with E-state index >= 15 is 0 Å². The van der Waals surface area contributed by atoms with E-state index < -0.39 is 0 Å². The van der Waals surface area contributed by atoms with Gasteiger partial charge in [-0.05, 0) is 23.2 Å². The van der Waals surface area contributed by atoms with Gasteiger partial charge in [0.05, 0.1) is 11.3 Å². The fraction of sp³-hybridized carbons (Fsp3) is 0. The van der Waals surface area contributed by atoms with Gasteiger partial charge >= 0.3 is 0 Å². The molecular weight excluding hydrogens is 271 g/mol. The minimum Gasteiger partial charge on any atom is -0.298 e. The molecule has 3 nitrogen and oxygen atoms in total. The minimum atomic E-state index is 0.0123. The highest BCUT2D eigenvalue weighted by Crippen LogP contribution is 2.19. The number of rotatable bonds is 3. The second-order valence-electron chi connectivity index (χ2n) is 3.44. The van der Waals surface area contributed by atoms with Gasteiger partial charge in [-0.2, -0.15) is 0 Å². The monoisotopic (exact) mass is 278 g/mol. The largest absolute Gasteiger partial charge is 0.298 e. The van der Waals surface area contributed by atoms with Crippen molar-refractivity contribution in [3.05, 3.63) is 57.6 Å². The van der Waals surface area contributed by atoms with Gasteiger partial charge in [0.25, 0.3) is 0 Å². The number of carbonyl (C=O) groups excluding carboxylic acids is 1. The van der Waals surface area contributed by atoms with Crippen LogP contribution in [0.5, 0.6) is 0 Å². The molecule has 0 saturated carbocycles. The summed E-state index contributed by atoms with van der Waals surface area (Å²) < 4.78 is 0. The van der Waals surface area contributed by atoms with E-state index in [4.69, 9.17) is 23.2 Å². The zero-order valence-corrected chi connectivity index (χ0v) is 10.7. The van der Waals surface area contributed by atoms with Crippen LogP contribution in [0.25, 0.3) is 12.2 Å². The van der Waals surface area contributed by atoms with Gasteiger partial charge in [0.2, 0.25) is 5.28 Å². The third-order valence-corrected chi connectivity index (χ3v) is 2.71. The lowest BCUT2D eigenvalue weighted by Gasteiger charge is -2.01. The van der Waals surface area contributed by atoms with Crippen molar-refractivity contribution < 1.29 is 4.79 Å². The van der Waals surface area contributed by atoms with Gasteiger partial charge in [-0.25, -0.2) is 9.97 Å². The van der Waals surface area contributed by atoms with Crippen molar-refractivity contribution in [1.82, 2.24) is 9.97 Å². The Morgan fingerprint density at radius 3 is 2.39 bits per heavy atom. The van der Waals surface area contributed by atoms with Crippen molar-refractivity contribution in [2.24, 2.45) is 0 Å². The van der Waals surface area contributed by atoms with Crippen molar-refractivity contribution in [2.45, 2.75) is 0 Å². The van der Waals surface area contributed by atoms with Crippen LogP contribution in [0.4, 0.5) is 0 Å². The molecule has 0 spiro atoms. The van der Waals surface area contributed by atoms with E-state index in [0.29, 0.717) is 12.0 Å². The molecule has 0 unspecified atom stereocenters. The van der Waals surface area contributed by atoms with Crippen molar-refractivity contribution >= 4 is 41.6 Å². The number of aldehydes is 1. The number of carbonyl (C=O) groups is 1. The highest BCUT2D eigenvalue weighted by molar-refractivity contribution is 6.33. The van der Waals surface area contributed by atoms with Crippen molar-refractivity contribution in [1.29, 1.82) is 0 Å². The predicted molar refractivity (Wildman–Crippen MR) is 72.8 cm³/mol. The van der Waals surface area contributed by atoms with E-state index in [1.165, 1.54) is 0 Å². The zero-order chi connectivity index (χ0) is 13.0. The molecule has 1 aromatic carbocycles. The predicted octanol–water partition coefficient (Wildman–Crippen LogP) is 3.77. The summed E-state index contributed by atoms with van der Waals surface area (Å²) in [5.74, 6) is 0. The molecule has 0 N–H and O–H groups in total. The van der Waals surface area contributed by atoms with Crippen LogP contribution >= 0.6 is 23.2 Å². The van der Waals surface area contributed by atoms with Crippen molar-refractivity contribution in [3.8, 4) is 0 Å². The lowest BCUT2D eigenvalue weighted by molar-refractivity contribution is 0.112. The van der Waals surface area contributed by atoms with Gasteiger partial charge in [-0.3, -0.25) is 4.79 Å². The first-order chi connectivity index (χ1) is 8.70. The molecule has 0 aliphatic rings. The van der Waals surface area contributed by atoms with Gasteiger partial charge in [0.1, 0.15) is 5.15 Å². The quantitative estimate of drug-likeness (QED) is 0.488. The lowest BCUT2D eigenvalue weighted by atomic mass is 10.1. The summed E-state index contributed by atoms with van der Waals surface area (Å²) >= 11 is 11.5. The molecule has 1 aromatic heterocycles. The van der Waals surface area contributed by atoms with Crippen molar-refractivity contribution in [2.75, 3.05) is 0 Å². The molecule has 2 rings (SSSR count). The summed E-state index contributed by atoms with van der Waals surface area (Å²) in [7, 11) is 0. The highest BCUT2D eigenvalue weighted by atomic mass is 35.5. The van der Waals surface area contributed by atoms with Gasteiger partial charge < -0.3 is 0 Å². The molecule has 0 amide bonds. The van der Waals surface area contributed by atoms with Gasteiger partial charge in [0.15, 0.2) is 6.29 Å². The fourth-order valence-electron chi connectivity index (χ4n) is 1.41. The zero-order valence-electron chi connectivity index (χ0n) is 9.18. The fourth-order valence-corrected chi connectivity index (χ4v) is 1.85. The molecule has 0 bridgehead atoms. The molecular formula is C13H8Cl2N2O. The van der Waals surface area contributed by atoms with Gasteiger partial charge in [-0.15, -0.1) is 0 Å². The highest BCUT2D eigenvalue weighted by Gasteiger charge is 2.09. The summed E-state index contributed by atoms with van der Waals surface area (Å²) in [5.41, 5.74) is 1.62. The Kier molecular flexibility index (Phi) is 4.07. The van der Waals surface area contributed by atoms with E-state index in [1.54, 1.807) is 6.08 Å². The number of hydrogen-bond acceptors (Lipinski definition) is 3. The number of benzene rings is 1. The van der Waals surface area contributed by atoms with Gasteiger partial charge in [0, 0.05) is 0 Å². The van der Waals surface area contributed by atoms with Crippen LogP contribution in [-0.2, 0) is 0 Å². The van der Waals surface area contributed by atoms with E-state index in [1.807, 2.05) is 36.4 Å². The van der Waals surface area contributed by atoms with Crippen LogP contribution in [0.2, 0.25) is 10.4 Å². The molecule has 5 heteroatoms. The maximum absolute atomic E-state index is 10.9. The summed E-state index contributed by atoms with van der Waals surface area (Å²) in [6, 6.07) is 9.62. The smallest absolute Gasteiger partial charge is 0.224 e. The van der Waals surface area contributed by atoms with E-state index in [9.17, 15) is 4.79 Å². The van der Waals surface area contributed by atoms with E-state index in [-0.39, 0.29) is 16.0 Å². The van der Waals surface area contributed by atoms with Crippen LogP contribution in [-0.4, -0.2) is 16.3 Å². The topological polar surface area (TPSA) is 42.9 Å². The molecule has 0 aliphatic heterocycles. The number of hydrogen-bond donors (Lipinski definition) is 0. The van der Waals surface area contributed by atoms with E-state index in [2.05, 4.69) is 9.97 Å². The first-order valence-electron chi connectivity index (χ1n) is 5.12. The lowest BCUT2D eigenvalue weighted by Crippen LogP contribution is -1.96. The summed E-state index contributed by atoms with van der Waals surface area (Å²) in [6.07, 6.45) is 4.11. The number of aromatic nitrogens is 2. The third kappa shape index (κ3) is 2.94. The number of nitrogens with zero attached hydrogens (tertiary/aromatic N) is 2. The standard InChI is InChI=1S/C13H8Cl2N2O/c14-12-10(8-18)11(16-13(15)17-12)7-6-9-4-2-1-3-5-9/h1-8H. The summed E-state index contributed by atoms with van der Waals surface area (Å²) in [4.78, 5) is 18.6. The van der Waals surface area contributed by atoms with E-state index in [0.717, 1.165) is 5.56 Å². The number of halogens is 2. The molecule has 1 heterocycles. The first-order valence-corrected chi connectivity index (χ1v) is 5.87. The molecule has 0 aliphatic carbocycles. The SMILES string of the molecule is O=Cc1c(Cl)nc(Cl)nc1C=Cc1ccccc1. The van der Waals surface area contributed by atoms with Crippen LogP contribution in [0.3, 0.4) is 0 Å². The average molecular weight is 279 g/mol. The van der Waals surface area contributed by atoms with Crippen molar-refractivity contribution in [3.63, 3.8) is 0 Å². The molecule has 18 heavy (non-hydrogen) atoms. The Balaban J connectivity index is 2.40. The Labute approximate surface area is 114 Å². The minimum absolute atomic E-state index is 0.0123. The Bertz CT molecular complexity index is 597. The van der Waals surface area contributed by atoms with Crippen LogP contribution < -0.4 is 0 Å². The summed E-state index contributed by atoms with van der Waals surface area (Å²) in [5, 5.41) is 0.0658. The molecule has 0 saturated heterocycles. The molecule has 0 radical (unpaired) electrons. The normalized spacial score (nSPS) is 10.8.